The summed E-state index contributed by atoms with van der Waals surface area (Å²) < 4.78 is 0. The molecule has 2 aromatic rings. The second-order valence-corrected chi connectivity index (χ2v) is 6.89. The van der Waals surface area contributed by atoms with E-state index in [2.05, 4.69) is 38.5 Å². The van der Waals surface area contributed by atoms with Crippen LogP contribution in [0.2, 0.25) is 0 Å². The number of hydrogen-bond donors (Lipinski definition) is 2. The highest BCUT2D eigenvalue weighted by atomic mass is 16.2. The number of aromatic nitrogens is 2. The van der Waals surface area contributed by atoms with E-state index in [-0.39, 0.29) is 6.03 Å². The topological polar surface area (TPSA) is 70.2 Å². The second-order valence-electron chi connectivity index (χ2n) is 6.89. The van der Waals surface area contributed by atoms with Crippen LogP contribution in [-0.2, 0) is 0 Å². The lowest BCUT2D eigenvalue weighted by atomic mass is 9.99. The Hall–Kier alpha value is -2.63. The molecule has 0 unspecified atom stereocenters. The predicted molar refractivity (Wildman–Crippen MR) is 101 cm³/mol. The fraction of sp³-hybridized carbons (Fsp3) is 0.421. The number of urea groups is 1. The molecule has 0 spiro atoms. The molecule has 2 N–H and O–H groups in total. The highest BCUT2D eigenvalue weighted by Crippen LogP contribution is 2.22. The number of aryl methyl sites for hydroxylation is 2. The van der Waals surface area contributed by atoms with Gasteiger partial charge >= 0.3 is 6.03 Å². The van der Waals surface area contributed by atoms with Gasteiger partial charge in [0, 0.05) is 24.8 Å². The third-order valence-corrected chi connectivity index (χ3v) is 4.48. The van der Waals surface area contributed by atoms with Crippen molar-refractivity contribution in [2.45, 2.75) is 33.6 Å². The van der Waals surface area contributed by atoms with Gasteiger partial charge in [0.25, 0.3) is 0 Å². The van der Waals surface area contributed by atoms with E-state index in [1.165, 1.54) is 19.2 Å². The van der Waals surface area contributed by atoms with Gasteiger partial charge in [-0.25, -0.2) is 14.8 Å². The number of anilines is 3. The molecule has 1 aliphatic heterocycles. The number of hydrogen-bond acceptors (Lipinski definition) is 4. The minimum atomic E-state index is -0.304. The number of carbonyl (C=O) groups is 1. The van der Waals surface area contributed by atoms with Gasteiger partial charge in [-0.3, -0.25) is 5.32 Å². The zero-order valence-electron chi connectivity index (χ0n) is 15.0. The van der Waals surface area contributed by atoms with Crippen LogP contribution in [0.25, 0.3) is 0 Å². The standard InChI is InChI=1S/C19H25N5O/c1-13-4-6-24(7-5-13)18-11-17(20-12-21-18)23-19(25)22-16-9-14(2)8-15(3)10-16/h8-13H,4-7H2,1-3H3,(H2,20,21,22,23,25). The third kappa shape index (κ3) is 4.68. The summed E-state index contributed by atoms with van der Waals surface area (Å²) in [7, 11) is 0. The normalized spacial score (nSPS) is 15.1. The average molecular weight is 339 g/mol. The zero-order valence-corrected chi connectivity index (χ0v) is 15.0. The van der Waals surface area contributed by atoms with Gasteiger partial charge in [-0.1, -0.05) is 13.0 Å². The fourth-order valence-corrected chi connectivity index (χ4v) is 3.15. The van der Waals surface area contributed by atoms with Crippen molar-refractivity contribution in [1.29, 1.82) is 0 Å². The van der Waals surface area contributed by atoms with Gasteiger partial charge in [0.2, 0.25) is 0 Å². The van der Waals surface area contributed by atoms with Gasteiger partial charge in [-0.05, 0) is 55.9 Å². The molecule has 0 atom stereocenters. The van der Waals surface area contributed by atoms with E-state index in [0.29, 0.717) is 5.82 Å². The second kappa shape index (κ2) is 7.51. The number of benzene rings is 1. The summed E-state index contributed by atoms with van der Waals surface area (Å²) in [4.78, 5) is 23.0. The Bertz CT molecular complexity index is 733. The van der Waals surface area contributed by atoms with E-state index in [1.54, 1.807) is 0 Å². The summed E-state index contributed by atoms with van der Waals surface area (Å²) in [5.74, 6) is 2.13. The largest absolute Gasteiger partial charge is 0.356 e. The lowest BCUT2D eigenvalue weighted by Crippen LogP contribution is -2.33. The van der Waals surface area contributed by atoms with Gasteiger partial charge in [0.15, 0.2) is 0 Å². The maximum Gasteiger partial charge on any atom is 0.324 e. The quantitative estimate of drug-likeness (QED) is 0.887. The Labute approximate surface area is 148 Å². The number of piperidine rings is 1. The maximum atomic E-state index is 12.2. The van der Waals surface area contributed by atoms with Crippen LogP contribution in [0.15, 0.2) is 30.6 Å². The zero-order chi connectivity index (χ0) is 17.8. The van der Waals surface area contributed by atoms with Gasteiger partial charge in [-0.15, -0.1) is 0 Å². The minimum Gasteiger partial charge on any atom is -0.356 e. The van der Waals surface area contributed by atoms with Crippen molar-refractivity contribution in [3.05, 3.63) is 41.7 Å². The molecule has 2 heterocycles. The first-order chi connectivity index (χ1) is 12.0. The molecule has 1 fully saturated rings. The highest BCUT2D eigenvalue weighted by Gasteiger charge is 2.17. The van der Waals surface area contributed by atoms with E-state index < -0.39 is 0 Å². The Kier molecular flexibility index (Phi) is 5.16. The van der Waals surface area contributed by atoms with Crippen LogP contribution in [0, 0.1) is 19.8 Å². The number of nitrogens with one attached hydrogen (secondary N) is 2. The summed E-state index contributed by atoms with van der Waals surface area (Å²) >= 11 is 0. The molecule has 25 heavy (non-hydrogen) atoms. The van der Waals surface area contributed by atoms with Crippen LogP contribution in [0.4, 0.5) is 22.1 Å². The van der Waals surface area contributed by atoms with Crippen molar-refractivity contribution < 1.29 is 4.79 Å². The lowest BCUT2D eigenvalue weighted by Gasteiger charge is -2.31. The Morgan fingerprint density at radius 1 is 1.04 bits per heavy atom. The molecule has 6 nitrogen and oxygen atoms in total. The predicted octanol–water partition coefficient (Wildman–Crippen LogP) is 3.97. The molecule has 6 heteroatoms. The number of amides is 2. The first-order valence-corrected chi connectivity index (χ1v) is 8.73. The average Bonchev–Trinajstić information content (AvgIpc) is 2.54. The first kappa shape index (κ1) is 17.2. The van der Waals surface area contributed by atoms with E-state index in [9.17, 15) is 4.79 Å². The molecule has 0 aliphatic carbocycles. The van der Waals surface area contributed by atoms with Crippen molar-refractivity contribution in [2.75, 3.05) is 28.6 Å². The van der Waals surface area contributed by atoms with Crippen molar-refractivity contribution in [1.82, 2.24) is 9.97 Å². The van der Waals surface area contributed by atoms with Gasteiger partial charge in [0.05, 0.1) is 0 Å². The van der Waals surface area contributed by atoms with Crippen LogP contribution in [-0.4, -0.2) is 29.1 Å². The highest BCUT2D eigenvalue weighted by molar-refractivity contribution is 5.99. The van der Waals surface area contributed by atoms with Crippen LogP contribution >= 0.6 is 0 Å². The van der Waals surface area contributed by atoms with E-state index in [0.717, 1.165) is 41.6 Å². The van der Waals surface area contributed by atoms with Crippen LogP contribution in [0.1, 0.15) is 30.9 Å². The molecule has 1 aromatic heterocycles. The molecule has 1 aromatic carbocycles. The smallest absolute Gasteiger partial charge is 0.324 e. The molecule has 2 amide bonds. The van der Waals surface area contributed by atoms with E-state index in [1.807, 2.05) is 32.0 Å². The Morgan fingerprint density at radius 3 is 2.40 bits per heavy atom. The van der Waals surface area contributed by atoms with E-state index in [4.69, 9.17) is 0 Å². The number of carbonyl (C=O) groups excluding carboxylic acids is 1. The molecular formula is C19H25N5O. The summed E-state index contributed by atoms with van der Waals surface area (Å²) in [5, 5.41) is 5.64. The monoisotopic (exact) mass is 339 g/mol. The summed E-state index contributed by atoms with van der Waals surface area (Å²) in [6.07, 6.45) is 3.83. The van der Waals surface area contributed by atoms with E-state index >= 15 is 0 Å². The Morgan fingerprint density at radius 2 is 1.72 bits per heavy atom. The van der Waals surface area contributed by atoms with Crippen LogP contribution < -0.4 is 15.5 Å². The summed E-state index contributed by atoms with van der Waals surface area (Å²) in [6.45, 7) is 8.28. The van der Waals surface area contributed by atoms with Crippen molar-refractivity contribution in [2.24, 2.45) is 5.92 Å². The van der Waals surface area contributed by atoms with Crippen LogP contribution in [0.5, 0.6) is 0 Å². The fourth-order valence-electron chi connectivity index (χ4n) is 3.15. The van der Waals surface area contributed by atoms with Gasteiger partial charge in [-0.2, -0.15) is 0 Å². The number of nitrogens with zero attached hydrogens (tertiary/aromatic N) is 3. The first-order valence-electron chi connectivity index (χ1n) is 8.73. The lowest BCUT2D eigenvalue weighted by molar-refractivity contribution is 0.262. The summed E-state index contributed by atoms with van der Waals surface area (Å²) in [6, 6.07) is 7.47. The van der Waals surface area contributed by atoms with Crippen molar-refractivity contribution in [3.8, 4) is 0 Å². The minimum absolute atomic E-state index is 0.304. The molecule has 132 valence electrons. The van der Waals surface area contributed by atoms with Crippen LogP contribution in [0.3, 0.4) is 0 Å². The SMILES string of the molecule is Cc1cc(C)cc(NC(=O)Nc2cc(N3CCC(C)CC3)ncn2)c1. The van der Waals surface area contributed by atoms with Gasteiger partial charge in [0.1, 0.15) is 18.0 Å². The molecule has 0 radical (unpaired) electrons. The molecule has 1 saturated heterocycles. The molecule has 0 saturated carbocycles. The molecular weight excluding hydrogens is 314 g/mol. The Balaban J connectivity index is 1.64. The third-order valence-electron chi connectivity index (χ3n) is 4.48. The van der Waals surface area contributed by atoms with Crippen molar-refractivity contribution >= 4 is 23.4 Å². The van der Waals surface area contributed by atoms with Gasteiger partial charge < -0.3 is 10.2 Å². The summed E-state index contributed by atoms with van der Waals surface area (Å²) in [5.41, 5.74) is 2.99. The van der Waals surface area contributed by atoms with Crippen molar-refractivity contribution in [3.63, 3.8) is 0 Å². The molecule has 0 bridgehead atoms. The molecule has 3 rings (SSSR count). The number of rotatable bonds is 3. The molecule has 1 aliphatic rings. The maximum absolute atomic E-state index is 12.2.